The van der Waals surface area contributed by atoms with Gasteiger partial charge in [0.05, 0.1) is 11.4 Å². The minimum absolute atomic E-state index is 0.0740. The van der Waals surface area contributed by atoms with E-state index in [1.54, 1.807) is 4.90 Å². The van der Waals surface area contributed by atoms with Crippen molar-refractivity contribution >= 4 is 23.3 Å². The number of carboxylic acids is 1. The molecular weight excluding hydrogens is 244 g/mol. The summed E-state index contributed by atoms with van der Waals surface area (Å²) in [5.41, 5.74) is 2.60. The summed E-state index contributed by atoms with van der Waals surface area (Å²) in [4.78, 5) is 24.3. The first-order valence-electron chi connectivity index (χ1n) is 6.38. The zero-order valence-electron chi connectivity index (χ0n) is 11.1. The second kappa shape index (κ2) is 5.30. The molecule has 0 saturated heterocycles. The molecule has 1 aliphatic rings. The van der Waals surface area contributed by atoms with Crippen LogP contribution in [0.5, 0.6) is 0 Å². The molecule has 2 N–H and O–H groups in total. The molecule has 1 aromatic rings. The Morgan fingerprint density at radius 2 is 2.21 bits per heavy atom. The third-order valence-electron chi connectivity index (χ3n) is 3.24. The van der Waals surface area contributed by atoms with E-state index in [4.69, 9.17) is 5.11 Å². The molecule has 0 bridgehead atoms. The molecule has 0 radical (unpaired) electrons. The van der Waals surface area contributed by atoms with E-state index in [1.165, 1.54) is 0 Å². The summed E-state index contributed by atoms with van der Waals surface area (Å²) in [6.07, 6.45) is 0.305. The highest BCUT2D eigenvalue weighted by Gasteiger charge is 2.21. The second-order valence-electron chi connectivity index (χ2n) is 5.04. The Hall–Kier alpha value is -2.04. The van der Waals surface area contributed by atoms with Gasteiger partial charge in [0.1, 0.15) is 6.54 Å². The van der Waals surface area contributed by atoms with Crippen molar-refractivity contribution in [2.75, 3.05) is 23.3 Å². The number of fused-ring (bicyclic) bond motifs is 1. The van der Waals surface area contributed by atoms with Crippen molar-refractivity contribution in [3.63, 3.8) is 0 Å². The van der Waals surface area contributed by atoms with Gasteiger partial charge in [-0.25, -0.2) is 0 Å². The predicted octanol–water partition coefficient (Wildman–Crippen LogP) is 2.04. The van der Waals surface area contributed by atoms with Crippen molar-refractivity contribution in [1.82, 2.24) is 0 Å². The number of hydrogen-bond acceptors (Lipinski definition) is 3. The number of amides is 1. The summed E-state index contributed by atoms with van der Waals surface area (Å²) in [6, 6.07) is 5.80. The van der Waals surface area contributed by atoms with Crippen LogP contribution < -0.4 is 10.2 Å². The zero-order chi connectivity index (χ0) is 14.0. The smallest absolute Gasteiger partial charge is 0.323 e. The van der Waals surface area contributed by atoms with Crippen LogP contribution in [0.1, 0.15) is 31.7 Å². The average Bonchev–Trinajstić information content (AvgIpc) is 2.48. The van der Waals surface area contributed by atoms with E-state index in [1.807, 2.05) is 18.2 Å². The maximum absolute atomic E-state index is 11.7. The monoisotopic (exact) mass is 262 g/mol. The Morgan fingerprint density at radius 3 is 2.84 bits per heavy atom. The van der Waals surface area contributed by atoms with Gasteiger partial charge in [-0.2, -0.15) is 0 Å². The molecule has 1 heterocycles. The molecule has 2 rings (SSSR count). The van der Waals surface area contributed by atoms with Crippen LogP contribution in [0.25, 0.3) is 0 Å². The average molecular weight is 262 g/mol. The fraction of sp³-hybridized carbons (Fsp3) is 0.429. The molecule has 1 aliphatic heterocycles. The highest BCUT2D eigenvalue weighted by Crippen LogP contribution is 2.31. The van der Waals surface area contributed by atoms with E-state index in [-0.39, 0.29) is 12.5 Å². The van der Waals surface area contributed by atoms with Gasteiger partial charge in [-0.05, 0) is 23.6 Å². The van der Waals surface area contributed by atoms with E-state index in [2.05, 4.69) is 19.2 Å². The minimum atomic E-state index is -0.895. The summed E-state index contributed by atoms with van der Waals surface area (Å²) in [6.45, 7) is 4.49. The number of hydrogen-bond donors (Lipinski definition) is 2. The van der Waals surface area contributed by atoms with Crippen LogP contribution in [-0.2, 0) is 9.59 Å². The van der Waals surface area contributed by atoms with Crippen molar-refractivity contribution in [3.05, 3.63) is 23.8 Å². The molecule has 1 amide bonds. The van der Waals surface area contributed by atoms with Crippen LogP contribution in [0.2, 0.25) is 0 Å². The van der Waals surface area contributed by atoms with Crippen molar-refractivity contribution in [2.24, 2.45) is 0 Å². The third kappa shape index (κ3) is 3.05. The van der Waals surface area contributed by atoms with E-state index < -0.39 is 5.97 Å². The largest absolute Gasteiger partial charge is 0.480 e. The number of carboxylic acid groups (broad SMARTS) is 1. The van der Waals surface area contributed by atoms with Gasteiger partial charge < -0.3 is 15.3 Å². The van der Waals surface area contributed by atoms with E-state index in [9.17, 15) is 9.59 Å². The first kappa shape index (κ1) is 13.4. The zero-order valence-corrected chi connectivity index (χ0v) is 11.1. The number of benzene rings is 1. The number of carbonyl (C=O) groups excluding carboxylic acids is 1. The maximum atomic E-state index is 11.7. The normalized spacial score (nSPS) is 14.9. The van der Waals surface area contributed by atoms with Gasteiger partial charge in [0.25, 0.3) is 0 Å². The summed E-state index contributed by atoms with van der Waals surface area (Å²) < 4.78 is 0. The molecule has 0 aromatic heterocycles. The minimum Gasteiger partial charge on any atom is -0.480 e. The standard InChI is InChI=1S/C14H18N2O3/c1-9(2)10-3-4-12-11(7-10)15-13(17)5-6-16(12)8-14(18)19/h3-4,7,9H,5-6,8H2,1-2H3,(H,15,17)(H,18,19). The lowest BCUT2D eigenvalue weighted by Crippen LogP contribution is -2.30. The first-order valence-corrected chi connectivity index (χ1v) is 6.38. The molecule has 102 valence electrons. The Bertz CT molecular complexity index is 511. The molecule has 0 fully saturated rings. The number of rotatable bonds is 3. The van der Waals surface area contributed by atoms with E-state index in [0.717, 1.165) is 11.3 Å². The Morgan fingerprint density at radius 1 is 1.47 bits per heavy atom. The van der Waals surface area contributed by atoms with Gasteiger partial charge in [-0.3, -0.25) is 9.59 Å². The molecule has 5 heteroatoms. The topological polar surface area (TPSA) is 69.6 Å². The van der Waals surface area contributed by atoms with Crippen LogP contribution in [0, 0.1) is 0 Å². The van der Waals surface area contributed by atoms with Gasteiger partial charge in [-0.1, -0.05) is 19.9 Å². The molecule has 0 saturated carbocycles. The Balaban J connectivity index is 2.40. The molecule has 19 heavy (non-hydrogen) atoms. The third-order valence-corrected chi connectivity index (χ3v) is 3.24. The van der Waals surface area contributed by atoms with Crippen molar-refractivity contribution in [1.29, 1.82) is 0 Å². The molecule has 5 nitrogen and oxygen atoms in total. The molecule has 0 atom stereocenters. The summed E-state index contributed by atoms with van der Waals surface area (Å²) >= 11 is 0. The fourth-order valence-corrected chi connectivity index (χ4v) is 2.19. The van der Waals surface area contributed by atoms with Gasteiger partial charge in [0, 0.05) is 13.0 Å². The molecule has 0 aliphatic carbocycles. The van der Waals surface area contributed by atoms with Crippen molar-refractivity contribution in [3.8, 4) is 0 Å². The molecule has 0 spiro atoms. The van der Waals surface area contributed by atoms with Gasteiger partial charge in [0.15, 0.2) is 0 Å². The number of nitrogens with zero attached hydrogens (tertiary/aromatic N) is 1. The molecule has 0 unspecified atom stereocenters. The Labute approximate surface area is 112 Å². The van der Waals surface area contributed by atoms with Crippen LogP contribution in [-0.4, -0.2) is 30.1 Å². The first-order chi connectivity index (χ1) is 8.97. The molecule has 1 aromatic carbocycles. The highest BCUT2D eigenvalue weighted by atomic mass is 16.4. The van der Waals surface area contributed by atoms with Gasteiger partial charge in [-0.15, -0.1) is 0 Å². The Kier molecular flexibility index (Phi) is 3.74. The van der Waals surface area contributed by atoms with Gasteiger partial charge >= 0.3 is 5.97 Å². The van der Waals surface area contributed by atoms with Gasteiger partial charge in [0.2, 0.25) is 5.91 Å². The van der Waals surface area contributed by atoms with Crippen molar-refractivity contribution < 1.29 is 14.7 Å². The number of carbonyl (C=O) groups is 2. The number of aliphatic carboxylic acids is 1. The van der Waals surface area contributed by atoms with Crippen molar-refractivity contribution in [2.45, 2.75) is 26.2 Å². The summed E-state index contributed by atoms with van der Waals surface area (Å²) in [7, 11) is 0. The summed E-state index contributed by atoms with van der Waals surface area (Å²) in [5.74, 6) is -0.610. The SMILES string of the molecule is CC(C)c1ccc2c(c1)NC(=O)CCN2CC(=O)O. The maximum Gasteiger partial charge on any atom is 0.323 e. The number of nitrogens with one attached hydrogen (secondary N) is 1. The predicted molar refractivity (Wildman–Crippen MR) is 73.6 cm³/mol. The quantitative estimate of drug-likeness (QED) is 0.874. The molecular formula is C14H18N2O3. The fourth-order valence-electron chi connectivity index (χ4n) is 2.19. The van der Waals surface area contributed by atoms with E-state index >= 15 is 0 Å². The van der Waals surface area contributed by atoms with E-state index in [0.29, 0.717) is 24.6 Å². The lowest BCUT2D eigenvalue weighted by molar-refractivity contribution is -0.135. The lowest BCUT2D eigenvalue weighted by atomic mass is 10.0. The van der Waals surface area contributed by atoms with Crippen LogP contribution in [0.3, 0.4) is 0 Å². The van der Waals surface area contributed by atoms with Crippen LogP contribution >= 0.6 is 0 Å². The lowest BCUT2D eigenvalue weighted by Gasteiger charge is -2.22. The highest BCUT2D eigenvalue weighted by molar-refractivity contribution is 5.97. The summed E-state index contributed by atoms with van der Waals surface area (Å²) in [5, 5.41) is 11.8. The van der Waals surface area contributed by atoms with Crippen LogP contribution in [0.4, 0.5) is 11.4 Å². The number of anilines is 2. The van der Waals surface area contributed by atoms with Crippen LogP contribution in [0.15, 0.2) is 18.2 Å². The second-order valence-corrected chi connectivity index (χ2v) is 5.04.